The Hall–Kier alpha value is -0.0800. The molecule has 0 aliphatic heterocycles. The summed E-state index contributed by atoms with van der Waals surface area (Å²) in [5, 5.41) is 3.49. The lowest BCUT2D eigenvalue weighted by molar-refractivity contribution is 0.0484. The van der Waals surface area contributed by atoms with Crippen molar-refractivity contribution in [3.05, 3.63) is 0 Å². The van der Waals surface area contributed by atoms with Crippen LogP contribution in [-0.4, -0.2) is 37.1 Å². The monoisotopic (exact) mass is 210 g/mol. The summed E-state index contributed by atoms with van der Waals surface area (Å²) in [5.41, 5.74) is 0. The highest BCUT2D eigenvalue weighted by atomic mass is 15.2. The van der Waals surface area contributed by atoms with Gasteiger partial charge in [-0.15, -0.1) is 0 Å². The van der Waals surface area contributed by atoms with Gasteiger partial charge < -0.3 is 10.2 Å². The molecular weight excluding hydrogens is 184 g/mol. The van der Waals surface area contributed by atoms with Gasteiger partial charge in [0.2, 0.25) is 0 Å². The molecule has 0 amide bonds. The third kappa shape index (κ3) is 2.54. The molecule has 0 saturated heterocycles. The summed E-state index contributed by atoms with van der Waals surface area (Å²) in [6, 6.07) is 1.68. The molecule has 0 aromatic carbocycles. The summed E-state index contributed by atoms with van der Waals surface area (Å²) in [6.07, 6.45) is 5.79. The number of hydrogen-bond acceptors (Lipinski definition) is 2. The van der Waals surface area contributed by atoms with Crippen LogP contribution in [0, 0.1) is 11.8 Å². The first kappa shape index (κ1) is 11.4. The first-order valence-corrected chi connectivity index (χ1v) is 6.66. The van der Waals surface area contributed by atoms with Crippen LogP contribution in [0.4, 0.5) is 0 Å². The predicted octanol–water partition coefficient (Wildman–Crippen LogP) is 2.10. The fourth-order valence-electron chi connectivity index (χ4n) is 2.87. The zero-order valence-corrected chi connectivity index (χ0v) is 10.5. The Morgan fingerprint density at radius 2 is 2.00 bits per heavy atom. The Morgan fingerprint density at radius 1 is 1.27 bits per heavy atom. The van der Waals surface area contributed by atoms with Crippen molar-refractivity contribution in [1.82, 2.24) is 10.2 Å². The first-order valence-electron chi connectivity index (χ1n) is 6.66. The molecule has 0 heterocycles. The van der Waals surface area contributed by atoms with Crippen molar-refractivity contribution in [1.29, 1.82) is 0 Å². The summed E-state index contributed by atoms with van der Waals surface area (Å²) in [7, 11) is 2.34. The Balaban J connectivity index is 1.76. The number of nitrogens with one attached hydrogen (secondary N) is 1. The maximum Gasteiger partial charge on any atom is 0.0136 e. The van der Waals surface area contributed by atoms with Crippen LogP contribution in [-0.2, 0) is 0 Å². The summed E-state index contributed by atoms with van der Waals surface area (Å²) in [6.45, 7) is 6.96. The summed E-state index contributed by atoms with van der Waals surface area (Å²) >= 11 is 0. The topological polar surface area (TPSA) is 15.3 Å². The third-order valence-corrected chi connectivity index (χ3v) is 4.50. The molecule has 2 fully saturated rings. The van der Waals surface area contributed by atoms with Crippen molar-refractivity contribution >= 4 is 0 Å². The van der Waals surface area contributed by atoms with E-state index in [1.54, 1.807) is 0 Å². The molecular formula is C13H26N2. The normalized spacial score (nSPS) is 32.8. The summed E-state index contributed by atoms with van der Waals surface area (Å²) in [4.78, 5) is 2.66. The molecule has 2 nitrogen and oxygen atoms in total. The molecule has 88 valence electrons. The average molecular weight is 210 g/mol. The standard InChI is InChI=1S/C13H26N2/c1-4-14-9-12-7-8-13(12)15(3)10(2)11-5-6-11/h10-14H,4-9H2,1-3H3. The van der Waals surface area contributed by atoms with Crippen LogP contribution in [0.15, 0.2) is 0 Å². The molecule has 2 aliphatic carbocycles. The van der Waals surface area contributed by atoms with Gasteiger partial charge in [0.15, 0.2) is 0 Å². The van der Waals surface area contributed by atoms with Crippen molar-refractivity contribution < 1.29 is 0 Å². The second-order valence-electron chi connectivity index (χ2n) is 5.46. The van der Waals surface area contributed by atoms with Gasteiger partial charge in [0.25, 0.3) is 0 Å². The first-order chi connectivity index (χ1) is 7.24. The van der Waals surface area contributed by atoms with E-state index in [0.717, 1.165) is 30.5 Å². The fraction of sp³-hybridized carbons (Fsp3) is 1.00. The molecule has 0 radical (unpaired) electrons. The Morgan fingerprint density at radius 3 is 2.47 bits per heavy atom. The van der Waals surface area contributed by atoms with Crippen molar-refractivity contribution in [2.45, 2.75) is 51.6 Å². The van der Waals surface area contributed by atoms with E-state index in [9.17, 15) is 0 Å². The minimum atomic E-state index is 0.819. The van der Waals surface area contributed by atoms with Crippen molar-refractivity contribution in [3.8, 4) is 0 Å². The quantitative estimate of drug-likeness (QED) is 0.722. The highest BCUT2D eigenvalue weighted by molar-refractivity contribution is 4.94. The zero-order valence-electron chi connectivity index (χ0n) is 10.5. The molecule has 2 aliphatic rings. The van der Waals surface area contributed by atoms with E-state index < -0.39 is 0 Å². The van der Waals surface area contributed by atoms with Crippen molar-refractivity contribution in [3.63, 3.8) is 0 Å². The summed E-state index contributed by atoms with van der Waals surface area (Å²) < 4.78 is 0. The second-order valence-corrected chi connectivity index (χ2v) is 5.46. The van der Waals surface area contributed by atoms with Crippen molar-refractivity contribution in [2.24, 2.45) is 11.8 Å². The fourth-order valence-corrected chi connectivity index (χ4v) is 2.87. The van der Waals surface area contributed by atoms with Gasteiger partial charge in [-0.2, -0.15) is 0 Å². The Kier molecular flexibility index (Phi) is 3.68. The van der Waals surface area contributed by atoms with E-state index in [-0.39, 0.29) is 0 Å². The van der Waals surface area contributed by atoms with Gasteiger partial charge in [0.05, 0.1) is 0 Å². The highest BCUT2D eigenvalue weighted by Gasteiger charge is 2.39. The predicted molar refractivity (Wildman–Crippen MR) is 65.0 cm³/mol. The molecule has 2 saturated carbocycles. The van der Waals surface area contributed by atoms with Crippen LogP contribution in [0.25, 0.3) is 0 Å². The smallest absolute Gasteiger partial charge is 0.0136 e. The molecule has 0 spiro atoms. The van der Waals surface area contributed by atoms with Crippen LogP contribution in [0.5, 0.6) is 0 Å². The van der Waals surface area contributed by atoms with Gasteiger partial charge in [-0.25, -0.2) is 0 Å². The van der Waals surface area contributed by atoms with Gasteiger partial charge in [0.1, 0.15) is 0 Å². The van der Waals surface area contributed by atoms with Gasteiger partial charge >= 0.3 is 0 Å². The molecule has 2 rings (SSSR count). The molecule has 15 heavy (non-hydrogen) atoms. The SMILES string of the molecule is CCNCC1CCC1N(C)C(C)C1CC1. The van der Waals surface area contributed by atoms with Gasteiger partial charge in [-0.1, -0.05) is 6.92 Å². The van der Waals surface area contributed by atoms with E-state index in [2.05, 4.69) is 31.1 Å². The highest BCUT2D eigenvalue weighted by Crippen LogP contribution is 2.39. The van der Waals surface area contributed by atoms with E-state index in [1.807, 2.05) is 0 Å². The molecule has 0 bridgehead atoms. The van der Waals surface area contributed by atoms with Crippen LogP contribution in [0.2, 0.25) is 0 Å². The molecule has 0 aromatic heterocycles. The molecule has 2 heteroatoms. The van der Waals surface area contributed by atoms with Crippen LogP contribution >= 0.6 is 0 Å². The van der Waals surface area contributed by atoms with Crippen LogP contribution in [0.1, 0.15) is 39.5 Å². The average Bonchev–Trinajstić information content (AvgIpc) is 2.98. The number of hydrogen-bond donors (Lipinski definition) is 1. The van der Waals surface area contributed by atoms with E-state index in [4.69, 9.17) is 0 Å². The third-order valence-electron chi connectivity index (χ3n) is 4.50. The largest absolute Gasteiger partial charge is 0.317 e. The lowest BCUT2D eigenvalue weighted by Crippen LogP contribution is -2.52. The molecule has 3 unspecified atom stereocenters. The van der Waals surface area contributed by atoms with Gasteiger partial charge in [-0.3, -0.25) is 0 Å². The minimum Gasteiger partial charge on any atom is -0.317 e. The molecule has 0 aromatic rings. The van der Waals surface area contributed by atoms with E-state index in [1.165, 1.54) is 32.2 Å². The Bertz CT molecular complexity index is 201. The zero-order chi connectivity index (χ0) is 10.8. The van der Waals surface area contributed by atoms with E-state index >= 15 is 0 Å². The van der Waals surface area contributed by atoms with Gasteiger partial charge in [-0.05, 0) is 64.6 Å². The van der Waals surface area contributed by atoms with Crippen LogP contribution < -0.4 is 5.32 Å². The second kappa shape index (κ2) is 4.84. The number of nitrogens with zero attached hydrogens (tertiary/aromatic N) is 1. The maximum atomic E-state index is 3.49. The lowest BCUT2D eigenvalue weighted by Gasteiger charge is -2.45. The number of rotatable bonds is 6. The van der Waals surface area contributed by atoms with Gasteiger partial charge in [0, 0.05) is 12.1 Å². The molecule has 1 N–H and O–H groups in total. The Labute approximate surface area is 94.4 Å². The minimum absolute atomic E-state index is 0.819. The maximum absolute atomic E-state index is 3.49. The van der Waals surface area contributed by atoms with Crippen molar-refractivity contribution in [2.75, 3.05) is 20.1 Å². The van der Waals surface area contributed by atoms with E-state index in [0.29, 0.717) is 0 Å². The van der Waals surface area contributed by atoms with Crippen LogP contribution in [0.3, 0.4) is 0 Å². The molecule has 3 atom stereocenters. The summed E-state index contributed by atoms with van der Waals surface area (Å²) in [5.74, 6) is 1.92. The lowest BCUT2D eigenvalue weighted by atomic mass is 9.78.